The molecule has 4 rings (SSSR count). The Hall–Kier alpha value is -2.56. The van der Waals surface area contributed by atoms with Crippen LogP contribution in [0.25, 0.3) is 11.0 Å². The first kappa shape index (κ1) is 25.5. The van der Waals surface area contributed by atoms with Gasteiger partial charge in [0.05, 0.1) is 28.6 Å². The van der Waals surface area contributed by atoms with Crippen LogP contribution in [-0.2, 0) is 23.8 Å². The molecule has 0 saturated heterocycles. The van der Waals surface area contributed by atoms with Crippen molar-refractivity contribution in [3.63, 3.8) is 0 Å². The normalized spacial score (nSPS) is 19.9. The van der Waals surface area contributed by atoms with Crippen LogP contribution in [0.2, 0.25) is 0 Å². The van der Waals surface area contributed by atoms with E-state index in [1.54, 1.807) is 24.8 Å². The van der Waals surface area contributed by atoms with Crippen molar-refractivity contribution in [3.8, 4) is 0 Å². The number of carbonyl (C=O) groups excluding carboxylic acids is 2. The smallest absolute Gasteiger partial charge is 0.355 e. The molecule has 1 aromatic carbocycles. The highest BCUT2D eigenvalue weighted by Crippen LogP contribution is 2.49. The number of aryl methyl sites for hydroxylation is 1. The third-order valence-corrected chi connectivity index (χ3v) is 8.28. The highest BCUT2D eigenvalue weighted by atomic mass is 79.9. The van der Waals surface area contributed by atoms with Crippen molar-refractivity contribution < 1.29 is 28.2 Å². The van der Waals surface area contributed by atoms with Crippen molar-refractivity contribution in [3.05, 3.63) is 65.6 Å². The number of hydrogen-bond acceptors (Lipinski definition) is 9. The van der Waals surface area contributed by atoms with Gasteiger partial charge in [-0.2, -0.15) is 0 Å². The zero-order chi connectivity index (χ0) is 25.6. The second-order valence-corrected chi connectivity index (χ2v) is 10.2. The van der Waals surface area contributed by atoms with Gasteiger partial charge in [0.2, 0.25) is 0 Å². The number of nitrogens with zero attached hydrogens (tertiary/aromatic N) is 1. The summed E-state index contributed by atoms with van der Waals surface area (Å²) < 4.78 is 23.5. The lowest BCUT2D eigenvalue weighted by Gasteiger charge is -2.38. The van der Waals surface area contributed by atoms with Gasteiger partial charge in [0.15, 0.2) is 16.6 Å². The third kappa shape index (κ3) is 4.21. The predicted octanol–water partition coefficient (Wildman–Crippen LogP) is 5.21. The van der Waals surface area contributed by atoms with Crippen molar-refractivity contribution in [2.75, 3.05) is 13.2 Å². The molecule has 2 atom stereocenters. The minimum atomic E-state index is -1.19. The van der Waals surface area contributed by atoms with Gasteiger partial charge in [0, 0.05) is 10.6 Å². The number of allylic oxidation sites excluding steroid dienone is 2. The largest absolute Gasteiger partial charge is 0.462 e. The van der Waals surface area contributed by atoms with Crippen LogP contribution >= 0.6 is 27.7 Å². The van der Waals surface area contributed by atoms with E-state index in [-0.39, 0.29) is 35.5 Å². The number of hydrogen-bond donors (Lipinski definition) is 0. The zero-order valence-electron chi connectivity index (χ0n) is 20.3. The Morgan fingerprint density at radius 3 is 2.43 bits per heavy atom. The maximum atomic E-state index is 13.7. The highest BCUT2D eigenvalue weighted by Gasteiger charge is 2.48. The van der Waals surface area contributed by atoms with Crippen LogP contribution < -0.4 is 5.43 Å². The van der Waals surface area contributed by atoms with E-state index in [1.807, 2.05) is 27.7 Å². The Kier molecular flexibility index (Phi) is 7.17. The molecule has 0 aliphatic carbocycles. The molecule has 1 aromatic heterocycles. The molecule has 2 aliphatic rings. The zero-order valence-corrected chi connectivity index (χ0v) is 22.7. The standard InChI is InChI=1S/C25H26BrNO7S/c1-7-31-23(29)17-19(24(30)32-8-2)27-13(5)14(6)35-25(27)34-21(17)16-10-33-22-15(20(16)28)9-11(3)12(4)18(22)26/h9-10,21,25H,7-8H2,1-6H3. The average molecular weight is 564 g/mol. The fourth-order valence-corrected chi connectivity index (χ4v) is 5.84. The van der Waals surface area contributed by atoms with Crippen LogP contribution in [0.3, 0.4) is 0 Å². The second-order valence-electron chi connectivity index (χ2n) is 8.19. The van der Waals surface area contributed by atoms with E-state index in [1.165, 1.54) is 18.0 Å². The van der Waals surface area contributed by atoms with Crippen LogP contribution in [-0.4, -0.2) is 35.6 Å². The Labute approximate surface area is 215 Å². The number of rotatable bonds is 5. The first-order valence-electron chi connectivity index (χ1n) is 11.2. The Morgan fingerprint density at radius 1 is 1.11 bits per heavy atom. The summed E-state index contributed by atoms with van der Waals surface area (Å²) in [6, 6.07) is 1.75. The van der Waals surface area contributed by atoms with Crippen molar-refractivity contribution in [2.45, 2.75) is 53.2 Å². The van der Waals surface area contributed by atoms with Gasteiger partial charge in [0.1, 0.15) is 23.6 Å². The lowest BCUT2D eigenvalue weighted by atomic mass is 9.96. The molecule has 186 valence electrons. The molecular formula is C25H26BrNO7S. The van der Waals surface area contributed by atoms with Crippen LogP contribution in [0.4, 0.5) is 0 Å². The quantitative estimate of drug-likeness (QED) is 0.454. The summed E-state index contributed by atoms with van der Waals surface area (Å²) >= 11 is 4.90. The average Bonchev–Trinajstić information content (AvgIpc) is 3.10. The van der Waals surface area contributed by atoms with Crippen molar-refractivity contribution in [1.82, 2.24) is 4.90 Å². The number of esters is 2. The topological polar surface area (TPSA) is 95.3 Å². The summed E-state index contributed by atoms with van der Waals surface area (Å²) in [6.07, 6.45) is 0.0983. The number of halogens is 1. The highest BCUT2D eigenvalue weighted by molar-refractivity contribution is 9.10. The minimum Gasteiger partial charge on any atom is -0.462 e. The molecule has 10 heteroatoms. The summed E-state index contributed by atoms with van der Waals surface area (Å²) in [5.41, 5.74) is 2.00. The SMILES string of the molecule is CCOC(=O)C1=C(C(=O)OCC)N2C(C)=C(C)SC2OC1c1coc2c(Br)c(C)c(C)cc2c1=O. The van der Waals surface area contributed by atoms with E-state index in [0.717, 1.165) is 21.7 Å². The van der Waals surface area contributed by atoms with E-state index in [0.29, 0.717) is 15.4 Å². The van der Waals surface area contributed by atoms with Gasteiger partial charge in [-0.15, -0.1) is 0 Å². The number of ether oxygens (including phenoxy) is 3. The fourth-order valence-electron chi connectivity index (χ4n) is 4.11. The first-order valence-corrected chi connectivity index (χ1v) is 12.9. The number of thioether (sulfide) groups is 1. The molecule has 0 radical (unpaired) electrons. The summed E-state index contributed by atoms with van der Waals surface area (Å²) in [7, 11) is 0. The molecule has 0 bridgehead atoms. The van der Waals surface area contributed by atoms with Gasteiger partial charge < -0.3 is 23.5 Å². The molecule has 2 unspecified atom stereocenters. The maximum absolute atomic E-state index is 13.7. The lowest BCUT2D eigenvalue weighted by Crippen LogP contribution is -2.43. The van der Waals surface area contributed by atoms with Crippen LogP contribution in [0.15, 0.2) is 47.9 Å². The van der Waals surface area contributed by atoms with Gasteiger partial charge in [-0.1, -0.05) is 11.8 Å². The van der Waals surface area contributed by atoms with Gasteiger partial charge in [-0.25, -0.2) is 9.59 Å². The number of benzene rings is 1. The molecule has 35 heavy (non-hydrogen) atoms. The number of fused-ring (bicyclic) bond motifs is 2. The maximum Gasteiger partial charge on any atom is 0.355 e. The van der Waals surface area contributed by atoms with E-state index in [2.05, 4.69) is 15.9 Å². The van der Waals surface area contributed by atoms with Crippen molar-refractivity contribution in [2.24, 2.45) is 0 Å². The summed E-state index contributed by atoms with van der Waals surface area (Å²) in [6.45, 7) is 11.1. The molecule has 2 aliphatic heterocycles. The van der Waals surface area contributed by atoms with E-state index in [4.69, 9.17) is 18.6 Å². The molecule has 0 spiro atoms. The molecule has 2 aromatic rings. The second kappa shape index (κ2) is 9.83. The van der Waals surface area contributed by atoms with Crippen LogP contribution in [0.5, 0.6) is 0 Å². The molecular weight excluding hydrogens is 538 g/mol. The van der Waals surface area contributed by atoms with Gasteiger partial charge in [0.25, 0.3) is 0 Å². The van der Waals surface area contributed by atoms with Gasteiger partial charge >= 0.3 is 11.9 Å². The molecule has 0 amide bonds. The first-order chi connectivity index (χ1) is 16.6. The third-order valence-electron chi connectivity index (χ3n) is 6.15. The summed E-state index contributed by atoms with van der Waals surface area (Å²) in [5.74, 6) is -1.45. The summed E-state index contributed by atoms with van der Waals surface area (Å²) in [5, 5.41) is 0.342. The molecule has 3 heterocycles. The lowest BCUT2D eigenvalue weighted by molar-refractivity contribution is -0.149. The van der Waals surface area contributed by atoms with Gasteiger partial charge in [-0.05, 0) is 74.7 Å². The Balaban J connectivity index is 2.00. The number of carbonyl (C=O) groups is 2. The minimum absolute atomic E-state index is 0.00849. The van der Waals surface area contributed by atoms with Crippen molar-refractivity contribution >= 4 is 50.6 Å². The Morgan fingerprint density at radius 2 is 1.77 bits per heavy atom. The van der Waals surface area contributed by atoms with E-state index in [9.17, 15) is 14.4 Å². The predicted molar refractivity (Wildman–Crippen MR) is 135 cm³/mol. The molecule has 0 fully saturated rings. The molecule has 0 N–H and O–H groups in total. The van der Waals surface area contributed by atoms with E-state index >= 15 is 0 Å². The van der Waals surface area contributed by atoms with E-state index < -0.39 is 23.6 Å². The fraction of sp³-hybridized carbons (Fsp3) is 0.400. The summed E-state index contributed by atoms with van der Waals surface area (Å²) in [4.78, 5) is 42.7. The van der Waals surface area contributed by atoms with Crippen LogP contribution in [0.1, 0.15) is 50.5 Å². The molecule has 0 saturated carbocycles. The Bertz CT molecular complexity index is 1360. The monoisotopic (exact) mass is 563 g/mol. The molecule has 8 nitrogen and oxygen atoms in total. The van der Waals surface area contributed by atoms with Gasteiger partial charge in [-0.3, -0.25) is 4.79 Å². The van der Waals surface area contributed by atoms with Crippen LogP contribution in [0, 0.1) is 13.8 Å². The van der Waals surface area contributed by atoms with Crippen molar-refractivity contribution in [1.29, 1.82) is 0 Å².